The van der Waals surface area contributed by atoms with E-state index in [1.165, 1.54) is 6.07 Å². The summed E-state index contributed by atoms with van der Waals surface area (Å²) in [6.45, 7) is 3.74. The molecule has 0 unspecified atom stereocenters. The number of halogens is 2. The molecule has 0 aliphatic heterocycles. The van der Waals surface area contributed by atoms with Crippen LogP contribution in [0, 0.1) is 19.7 Å². The largest absolute Gasteiger partial charge is 0.382 e. The van der Waals surface area contributed by atoms with E-state index in [2.05, 4.69) is 21.0 Å². The standard InChI is InChI=1S/C11H11BrFN3/c1-6-3-9(13)8(12)5-10(6)16-7(2)4-11(14)15-16/h3-5H,1-2H3,(H2,14,15). The topological polar surface area (TPSA) is 43.8 Å². The van der Waals surface area contributed by atoms with Crippen molar-refractivity contribution in [1.82, 2.24) is 9.78 Å². The van der Waals surface area contributed by atoms with Gasteiger partial charge in [-0.25, -0.2) is 9.07 Å². The Bertz CT molecular complexity index is 548. The van der Waals surface area contributed by atoms with Gasteiger partial charge in [0, 0.05) is 11.8 Å². The van der Waals surface area contributed by atoms with Crippen LogP contribution in [0.25, 0.3) is 5.69 Å². The molecule has 2 aromatic rings. The highest BCUT2D eigenvalue weighted by molar-refractivity contribution is 9.10. The van der Waals surface area contributed by atoms with Crippen LogP contribution in [-0.2, 0) is 0 Å². The van der Waals surface area contributed by atoms with Crippen molar-refractivity contribution in [1.29, 1.82) is 0 Å². The van der Waals surface area contributed by atoms with Gasteiger partial charge in [-0.3, -0.25) is 0 Å². The molecule has 1 aromatic heterocycles. The molecule has 0 radical (unpaired) electrons. The first kappa shape index (κ1) is 11.1. The summed E-state index contributed by atoms with van der Waals surface area (Å²) >= 11 is 3.16. The van der Waals surface area contributed by atoms with Crippen LogP contribution < -0.4 is 5.73 Å². The van der Waals surface area contributed by atoms with Crippen LogP contribution in [0.5, 0.6) is 0 Å². The van der Waals surface area contributed by atoms with Gasteiger partial charge in [-0.2, -0.15) is 5.10 Å². The Hall–Kier alpha value is -1.36. The van der Waals surface area contributed by atoms with Crippen molar-refractivity contribution in [2.75, 3.05) is 5.73 Å². The smallest absolute Gasteiger partial charge is 0.146 e. The molecule has 0 amide bonds. The van der Waals surface area contributed by atoms with Crippen LogP contribution >= 0.6 is 15.9 Å². The number of aromatic nitrogens is 2. The Morgan fingerprint density at radius 2 is 2.00 bits per heavy atom. The third-order valence-corrected chi connectivity index (χ3v) is 2.98. The van der Waals surface area contributed by atoms with Crippen molar-refractivity contribution in [2.45, 2.75) is 13.8 Å². The van der Waals surface area contributed by atoms with Gasteiger partial charge in [0.2, 0.25) is 0 Å². The van der Waals surface area contributed by atoms with E-state index in [0.717, 1.165) is 16.9 Å². The maximum Gasteiger partial charge on any atom is 0.146 e. The van der Waals surface area contributed by atoms with E-state index in [0.29, 0.717) is 10.3 Å². The summed E-state index contributed by atoms with van der Waals surface area (Å²) in [5.74, 6) is 0.177. The summed E-state index contributed by atoms with van der Waals surface area (Å²) in [6.07, 6.45) is 0. The zero-order valence-electron chi connectivity index (χ0n) is 8.96. The highest BCUT2D eigenvalue weighted by atomic mass is 79.9. The molecule has 2 rings (SSSR count). The molecule has 1 heterocycles. The summed E-state index contributed by atoms with van der Waals surface area (Å²) in [6, 6.07) is 4.94. The van der Waals surface area contributed by atoms with E-state index in [1.807, 2.05) is 13.8 Å². The second kappa shape index (κ2) is 3.90. The second-order valence-electron chi connectivity index (χ2n) is 3.68. The molecule has 5 heteroatoms. The fourth-order valence-electron chi connectivity index (χ4n) is 1.61. The van der Waals surface area contributed by atoms with Gasteiger partial charge in [-0.1, -0.05) is 0 Å². The Kier molecular flexibility index (Phi) is 2.71. The molecule has 2 N–H and O–H groups in total. The Morgan fingerprint density at radius 3 is 2.56 bits per heavy atom. The molecule has 3 nitrogen and oxygen atoms in total. The summed E-state index contributed by atoms with van der Waals surface area (Å²) in [5, 5.41) is 4.16. The predicted octanol–water partition coefficient (Wildman–Crippen LogP) is 2.97. The van der Waals surface area contributed by atoms with Crippen molar-refractivity contribution in [3.63, 3.8) is 0 Å². The highest BCUT2D eigenvalue weighted by Crippen LogP contribution is 2.24. The molecule has 0 fully saturated rings. The normalized spacial score (nSPS) is 10.8. The Morgan fingerprint density at radius 1 is 1.31 bits per heavy atom. The van der Waals surface area contributed by atoms with E-state index < -0.39 is 0 Å². The molecule has 84 valence electrons. The van der Waals surface area contributed by atoms with Gasteiger partial charge in [0.05, 0.1) is 10.2 Å². The minimum Gasteiger partial charge on any atom is -0.382 e. The number of nitrogens with zero attached hydrogens (tertiary/aromatic N) is 2. The summed E-state index contributed by atoms with van der Waals surface area (Å²) in [5.41, 5.74) is 8.17. The number of benzene rings is 1. The van der Waals surface area contributed by atoms with Gasteiger partial charge in [0.25, 0.3) is 0 Å². The van der Waals surface area contributed by atoms with Gasteiger partial charge in [-0.15, -0.1) is 0 Å². The first-order chi connectivity index (χ1) is 7.49. The lowest BCUT2D eigenvalue weighted by atomic mass is 10.2. The molecule has 16 heavy (non-hydrogen) atoms. The number of hydrogen-bond donors (Lipinski definition) is 1. The van der Waals surface area contributed by atoms with Crippen molar-refractivity contribution >= 4 is 21.7 Å². The van der Waals surface area contributed by atoms with E-state index in [4.69, 9.17) is 5.73 Å². The van der Waals surface area contributed by atoms with E-state index >= 15 is 0 Å². The Balaban J connectivity index is 2.64. The third kappa shape index (κ3) is 1.82. The summed E-state index contributed by atoms with van der Waals surface area (Å²) in [7, 11) is 0. The van der Waals surface area contributed by atoms with Gasteiger partial charge >= 0.3 is 0 Å². The summed E-state index contributed by atoms with van der Waals surface area (Å²) < 4.78 is 15.4. The van der Waals surface area contributed by atoms with Crippen LogP contribution in [0.1, 0.15) is 11.3 Å². The first-order valence-electron chi connectivity index (χ1n) is 4.77. The van der Waals surface area contributed by atoms with Crippen molar-refractivity contribution in [3.8, 4) is 5.69 Å². The number of nitrogen functional groups attached to an aromatic ring is 1. The number of hydrogen-bond acceptors (Lipinski definition) is 2. The lowest BCUT2D eigenvalue weighted by molar-refractivity contribution is 0.618. The molecule has 0 saturated carbocycles. The minimum atomic E-state index is -0.279. The van der Waals surface area contributed by atoms with E-state index in [9.17, 15) is 4.39 Å². The number of aryl methyl sites for hydroxylation is 2. The molecule has 0 aliphatic rings. The van der Waals surface area contributed by atoms with E-state index in [1.54, 1.807) is 16.8 Å². The maximum atomic E-state index is 13.3. The quantitative estimate of drug-likeness (QED) is 0.875. The second-order valence-corrected chi connectivity index (χ2v) is 4.53. The SMILES string of the molecule is Cc1cc(F)c(Br)cc1-n1nc(N)cc1C. The minimum absolute atomic E-state index is 0.279. The molecular weight excluding hydrogens is 273 g/mol. The monoisotopic (exact) mass is 283 g/mol. The fourth-order valence-corrected chi connectivity index (χ4v) is 1.94. The average molecular weight is 284 g/mol. The zero-order valence-corrected chi connectivity index (χ0v) is 10.5. The van der Waals surface area contributed by atoms with Crippen LogP contribution in [0.15, 0.2) is 22.7 Å². The maximum absolute atomic E-state index is 13.3. The lowest BCUT2D eigenvalue weighted by Gasteiger charge is -2.09. The molecule has 0 atom stereocenters. The zero-order chi connectivity index (χ0) is 11.9. The van der Waals surface area contributed by atoms with Gasteiger partial charge in [0.1, 0.15) is 11.6 Å². The lowest BCUT2D eigenvalue weighted by Crippen LogP contribution is -2.02. The predicted molar refractivity (Wildman–Crippen MR) is 65.1 cm³/mol. The molecule has 1 aromatic carbocycles. The van der Waals surface area contributed by atoms with Crippen LogP contribution in [-0.4, -0.2) is 9.78 Å². The Labute approximate surface area is 101 Å². The molecule has 0 spiro atoms. The molecule has 0 saturated heterocycles. The van der Waals surface area contributed by atoms with Gasteiger partial charge in [0.15, 0.2) is 0 Å². The van der Waals surface area contributed by atoms with Crippen LogP contribution in [0.2, 0.25) is 0 Å². The number of rotatable bonds is 1. The van der Waals surface area contributed by atoms with Gasteiger partial charge in [-0.05, 0) is 47.5 Å². The molecule has 0 aliphatic carbocycles. The summed E-state index contributed by atoms with van der Waals surface area (Å²) in [4.78, 5) is 0. The number of nitrogens with two attached hydrogens (primary N) is 1. The van der Waals surface area contributed by atoms with E-state index in [-0.39, 0.29) is 5.82 Å². The average Bonchev–Trinajstić information content (AvgIpc) is 2.51. The van der Waals surface area contributed by atoms with Crippen LogP contribution in [0.4, 0.5) is 10.2 Å². The third-order valence-electron chi connectivity index (χ3n) is 2.37. The highest BCUT2D eigenvalue weighted by Gasteiger charge is 2.10. The van der Waals surface area contributed by atoms with Crippen molar-refractivity contribution in [2.24, 2.45) is 0 Å². The van der Waals surface area contributed by atoms with Crippen LogP contribution in [0.3, 0.4) is 0 Å². The number of anilines is 1. The van der Waals surface area contributed by atoms with Crippen molar-refractivity contribution in [3.05, 3.63) is 39.7 Å². The molecule has 0 bridgehead atoms. The molecular formula is C11H11BrFN3. The van der Waals surface area contributed by atoms with Gasteiger partial charge < -0.3 is 5.73 Å². The fraction of sp³-hybridized carbons (Fsp3) is 0.182. The first-order valence-corrected chi connectivity index (χ1v) is 5.56. The van der Waals surface area contributed by atoms with Crippen molar-refractivity contribution < 1.29 is 4.39 Å².